The first kappa shape index (κ1) is 18.2. The summed E-state index contributed by atoms with van der Waals surface area (Å²) in [6.07, 6.45) is 0. The second-order valence-corrected chi connectivity index (χ2v) is 5.77. The molecular formula is C21H14F2N2O2. The molecule has 4 nitrogen and oxygen atoms in total. The molecule has 0 amide bonds. The van der Waals surface area contributed by atoms with Gasteiger partial charge < -0.3 is 10.5 Å². The molecule has 0 aliphatic carbocycles. The summed E-state index contributed by atoms with van der Waals surface area (Å²) >= 11 is 0. The Morgan fingerprint density at radius 2 is 1.56 bits per heavy atom. The summed E-state index contributed by atoms with van der Waals surface area (Å²) in [6.45, 7) is 0. The minimum Gasteiger partial charge on any atom is -0.451 e. The van der Waals surface area contributed by atoms with Crippen molar-refractivity contribution in [3.63, 3.8) is 0 Å². The molecule has 0 bridgehead atoms. The van der Waals surface area contributed by atoms with Crippen LogP contribution in [0.25, 0.3) is 0 Å². The molecule has 134 valence electrons. The van der Waals surface area contributed by atoms with Crippen molar-refractivity contribution >= 4 is 5.78 Å². The van der Waals surface area contributed by atoms with Gasteiger partial charge in [0, 0.05) is 11.1 Å². The standard InChI is InChI=1S/C21H14F2N2O2/c22-17-12-11-16(18(23)19(17)27-15-9-5-2-6-10-15)21(25,13-24)20(26)14-7-3-1-4-8-14/h1-12H,25H2. The van der Waals surface area contributed by atoms with Crippen LogP contribution in [0.1, 0.15) is 15.9 Å². The van der Waals surface area contributed by atoms with Gasteiger partial charge in [-0.2, -0.15) is 5.26 Å². The SMILES string of the molecule is N#CC(N)(C(=O)c1ccccc1)c1ccc(F)c(Oc2ccccc2)c1F. The first-order valence-corrected chi connectivity index (χ1v) is 7.98. The van der Waals surface area contributed by atoms with Gasteiger partial charge in [-0.05, 0) is 24.3 Å². The van der Waals surface area contributed by atoms with Crippen molar-refractivity contribution in [1.82, 2.24) is 0 Å². The molecule has 27 heavy (non-hydrogen) atoms. The second kappa shape index (κ2) is 7.36. The van der Waals surface area contributed by atoms with Gasteiger partial charge in [0.15, 0.2) is 22.9 Å². The van der Waals surface area contributed by atoms with E-state index >= 15 is 4.39 Å². The lowest BCUT2D eigenvalue weighted by Gasteiger charge is -2.22. The van der Waals surface area contributed by atoms with Crippen LogP contribution in [0.2, 0.25) is 0 Å². The minimum absolute atomic E-state index is 0.135. The third-order valence-electron chi connectivity index (χ3n) is 4.01. The fourth-order valence-electron chi connectivity index (χ4n) is 2.59. The van der Waals surface area contributed by atoms with Gasteiger partial charge in [-0.1, -0.05) is 48.5 Å². The Labute approximate surface area is 154 Å². The molecule has 0 aliphatic rings. The lowest BCUT2D eigenvalue weighted by atomic mass is 9.84. The van der Waals surface area contributed by atoms with Crippen molar-refractivity contribution < 1.29 is 18.3 Å². The van der Waals surface area contributed by atoms with Crippen LogP contribution >= 0.6 is 0 Å². The number of hydrogen-bond donors (Lipinski definition) is 1. The quantitative estimate of drug-likeness (QED) is 0.684. The fourth-order valence-corrected chi connectivity index (χ4v) is 2.59. The number of carbonyl (C=O) groups excluding carboxylic acids is 1. The van der Waals surface area contributed by atoms with Crippen LogP contribution < -0.4 is 10.5 Å². The van der Waals surface area contributed by atoms with Gasteiger partial charge in [-0.25, -0.2) is 8.78 Å². The predicted octanol–water partition coefficient (Wildman–Crippen LogP) is 4.32. The maximum Gasteiger partial charge on any atom is 0.201 e. The van der Waals surface area contributed by atoms with E-state index in [9.17, 15) is 14.4 Å². The Hall–Kier alpha value is -3.56. The van der Waals surface area contributed by atoms with Crippen molar-refractivity contribution in [3.8, 4) is 17.6 Å². The number of nitrogens with zero attached hydrogens (tertiary/aromatic N) is 1. The van der Waals surface area contributed by atoms with Gasteiger partial charge in [0.05, 0.1) is 6.07 Å². The van der Waals surface area contributed by atoms with Crippen LogP contribution in [0.3, 0.4) is 0 Å². The number of benzene rings is 3. The predicted molar refractivity (Wildman–Crippen MR) is 95.1 cm³/mol. The lowest BCUT2D eigenvalue weighted by molar-refractivity contribution is 0.0921. The molecule has 0 spiro atoms. The summed E-state index contributed by atoms with van der Waals surface area (Å²) in [7, 11) is 0. The highest BCUT2D eigenvalue weighted by Crippen LogP contribution is 2.34. The van der Waals surface area contributed by atoms with E-state index in [0.717, 1.165) is 12.1 Å². The first-order chi connectivity index (χ1) is 13.0. The summed E-state index contributed by atoms with van der Waals surface area (Å²) < 4.78 is 34.5. The number of halogens is 2. The van der Waals surface area contributed by atoms with Gasteiger partial charge in [-0.3, -0.25) is 4.79 Å². The third-order valence-corrected chi connectivity index (χ3v) is 4.01. The number of rotatable bonds is 5. The molecule has 0 aliphatic heterocycles. The zero-order valence-electron chi connectivity index (χ0n) is 14.0. The summed E-state index contributed by atoms with van der Waals surface area (Å²) in [5, 5.41) is 9.55. The van der Waals surface area contributed by atoms with Crippen LogP contribution in [0.15, 0.2) is 72.8 Å². The van der Waals surface area contributed by atoms with Crippen LogP contribution in [0.4, 0.5) is 8.78 Å². The smallest absolute Gasteiger partial charge is 0.201 e. The summed E-state index contributed by atoms with van der Waals surface area (Å²) in [6, 6.07) is 19.4. The normalized spacial score (nSPS) is 12.7. The van der Waals surface area contributed by atoms with Gasteiger partial charge in [-0.15, -0.1) is 0 Å². The molecule has 1 atom stereocenters. The molecule has 0 saturated carbocycles. The van der Waals surface area contributed by atoms with E-state index in [2.05, 4.69) is 0 Å². The summed E-state index contributed by atoms with van der Waals surface area (Å²) in [5.41, 5.74) is 3.31. The molecular weight excluding hydrogens is 350 g/mol. The highest BCUT2D eigenvalue weighted by atomic mass is 19.1. The van der Waals surface area contributed by atoms with E-state index in [1.165, 1.54) is 24.3 Å². The maximum atomic E-state index is 15.0. The van der Waals surface area contributed by atoms with Gasteiger partial charge in [0.2, 0.25) is 5.78 Å². The molecule has 0 aromatic heterocycles. The zero-order chi connectivity index (χ0) is 19.4. The van der Waals surface area contributed by atoms with Crippen molar-refractivity contribution in [1.29, 1.82) is 5.26 Å². The molecule has 3 rings (SSSR count). The third kappa shape index (κ3) is 3.41. The number of Topliss-reactive ketones (excluding diaryl/α,β-unsaturated/α-hetero) is 1. The molecule has 0 fully saturated rings. The van der Waals surface area contributed by atoms with E-state index in [4.69, 9.17) is 10.5 Å². The average Bonchev–Trinajstić information content (AvgIpc) is 2.71. The van der Waals surface area contributed by atoms with Crippen molar-refractivity contribution in [3.05, 3.63) is 95.6 Å². The molecule has 6 heteroatoms. The van der Waals surface area contributed by atoms with Crippen molar-refractivity contribution in [2.75, 3.05) is 0 Å². The lowest BCUT2D eigenvalue weighted by Crippen LogP contribution is -2.44. The number of ketones is 1. The molecule has 2 N–H and O–H groups in total. The molecule has 0 heterocycles. The van der Waals surface area contributed by atoms with E-state index in [-0.39, 0.29) is 11.3 Å². The number of ether oxygens (including phenoxy) is 1. The van der Waals surface area contributed by atoms with Gasteiger partial charge in [0.25, 0.3) is 0 Å². The second-order valence-electron chi connectivity index (χ2n) is 5.77. The van der Waals surface area contributed by atoms with Crippen molar-refractivity contribution in [2.45, 2.75) is 5.54 Å². The van der Waals surface area contributed by atoms with E-state index in [1.807, 2.05) is 0 Å². The number of nitriles is 1. The van der Waals surface area contributed by atoms with Crippen molar-refractivity contribution in [2.24, 2.45) is 5.73 Å². The first-order valence-electron chi connectivity index (χ1n) is 7.98. The Morgan fingerprint density at radius 1 is 0.963 bits per heavy atom. The molecule has 1 unspecified atom stereocenters. The van der Waals surface area contributed by atoms with Gasteiger partial charge in [0.1, 0.15) is 5.75 Å². The number of para-hydroxylation sites is 1. The topological polar surface area (TPSA) is 76.1 Å². The van der Waals surface area contributed by atoms with E-state index < -0.39 is 34.3 Å². The monoisotopic (exact) mass is 364 g/mol. The Bertz CT molecular complexity index is 1020. The highest BCUT2D eigenvalue weighted by molar-refractivity contribution is 6.05. The largest absolute Gasteiger partial charge is 0.451 e. The summed E-state index contributed by atoms with van der Waals surface area (Å²) in [4.78, 5) is 12.8. The minimum atomic E-state index is -2.34. The zero-order valence-corrected chi connectivity index (χ0v) is 14.0. The average molecular weight is 364 g/mol. The molecule has 3 aromatic carbocycles. The Balaban J connectivity index is 2.09. The highest BCUT2D eigenvalue weighted by Gasteiger charge is 2.40. The van der Waals surface area contributed by atoms with E-state index in [0.29, 0.717) is 0 Å². The van der Waals surface area contributed by atoms with E-state index in [1.54, 1.807) is 42.5 Å². The van der Waals surface area contributed by atoms with Crippen LogP contribution in [0.5, 0.6) is 11.5 Å². The number of carbonyl (C=O) groups is 1. The van der Waals surface area contributed by atoms with Crippen LogP contribution in [0, 0.1) is 23.0 Å². The van der Waals surface area contributed by atoms with Crippen LogP contribution in [-0.4, -0.2) is 5.78 Å². The Morgan fingerprint density at radius 3 is 2.15 bits per heavy atom. The molecule has 0 radical (unpaired) electrons. The Kier molecular flexibility index (Phi) is 4.97. The fraction of sp³-hybridized carbons (Fsp3) is 0.0476. The van der Waals surface area contributed by atoms with Crippen LogP contribution in [-0.2, 0) is 5.54 Å². The number of hydrogen-bond acceptors (Lipinski definition) is 4. The molecule has 3 aromatic rings. The van der Waals surface area contributed by atoms with Gasteiger partial charge >= 0.3 is 0 Å². The molecule has 0 saturated heterocycles. The maximum absolute atomic E-state index is 15.0. The summed E-state index contributed by atoms with van der Waals surface area (Å²) in [5.74, 6) is -3.52. The number of nitrogens with two attached hydrogens (primary N) is 1.